The fourth-order valence-corrected chi connectivity index (χ4v) is 4.34. The molecule has 26 heavy (non-hydrogen) atoms. The van der Waals surface area contributed by atoms with E-state index in [0.717, 1.165) is 31.8 Å². The number of piperidine rings is 2. The van der Waals surface area contributed by atoms with Gasteiger partial charge in [-0.2, -0.15) is 0 Å². The number of hydrogen-bond acceptors (Lipinski definition) is 3. The Kier molecular flexibility index (Phi) is 6.65. The molecule has 0 saturated carbocycles. The number of halogens is 1. The Morgan fingerprint density at radius 1 is 1.27 bits per heavy atom. The first-order valence-electron chi connectivity index (χ1n) is 9.67. The number of likely N-dealkylation sites (tertiary alicyclic amines) is 2. The normalized spacial score (nSPS) is 22.3. The number of amides is 2. The van der Waals surface area contributed by atoms with Crippen molar-refractivity contribution in [3.63, 3.8) is 0 Å². The Morgan fingerprint density at radius 2 is 2.04 bits per heavy atom. The minimum absolute atomic E-state index is 0.0451. The van der Waals surface area contributed by atoms with Crippen LogP contribution in [0, 0.1) is 11.8 Å². The maximum Gasteiger partial charge on any atom is 0.321 e. The molecule has 1 aromatic carbocycles. The van der Waals surface area contributed by atoms with Gasteiger partial charge in [-0.05, 0) is 62.3 Å². The molecule has 2 saturated heterocycles. The van der Waals surface area contributed by atoms with Gasteiger partial charge in [0, 0.05) is 31.9 Å². The van der Waals surface area contributed by atoms with Gasteiger partial charge in [0.05, 0.1) is 12.1 Å². The Morgan fingerprint density at radius 3 is 2.69 bits per heavy atom. The molecule has 144 valence electrons. The van der Waals surface area contributed by atoms with Gasteiger partial charge in [0.25, 0.3) is 0 Å². The molecule has 0 bridgehead atoms. The van der Waals surface area contributed by atoms with Crippen molar-refractivity contribution in [2.24, 2.45) is 11.8 Å². The van der Waals surface area contributed by atoms with Gasteiger partial charge < -0.3 is 19.9 Å². The molecule has 6 heteroatoms. The second-order valence-corrected chi connectivity index (χ2v) is 8.12. The summed E-state index contributed by atoms with van der Waals surface area (Å²) in [5.41, 5.74) is 0.699. The maximum absolute atomic E-state index is 12.5. The summed E-state index contributed by atoms with van der Waals surface area (Å²) in [4.78, 5) is 17.0. The lowest BCUT2D eigenvalue weighted by Gasteiger charge is -2.37. The van der Waals surface area contributed by atoms with Crippen molar-refractivity contribution in [2.75, 3.05) is 45.2 Å². The van der Waals surface area contributed by atoms with Crippen molar-refractivity contribution < 1.29 is 9.53 Å². The number of hydrogen-bond donors (Lipinski definition) is 1. The summed E-state index contributed by atoms with van der Waals surface area (Å²) in [7, 11) is 1.58. The number of benzene rings is 1. The number of nitrogens with zero attached hydrogens (tertiary/aromatic N) is 2. The Labute approximate surface area is 161 Å². The van der Waals surface area contributed by atoms with Crippen LogP contribution in [0.15, 0.2) is 18.2 Å². The van der Waals surface area contributed by atoms with Crippen LogP contribution in [0.3, 0.4) is 0 Å². The Balaban J connectivity index is 1.45. The van der Waals surface area contributed by atoms with E-state index >= 15 is 0 Å². The molecule has 2 fully saturated rings. The number of carbonyl (C=O) groups excluding carboxylic acids is 1. The van der Waals surface area contributed by atoms with Crippen LogP contribution in [0.4, 0.5) is 10.5 Å². The smallest absolute Gasteiger partial charge is 0.321 e. The van der Waals surface area contributed by atoms with E-state index in [0.29, 0.717) is 22.4 Å². The second kappa shape index (κ2) is 8.96. The number of carbonyl (C=O) groups is 1. The lowest BCUT2D eigenvalue weighted by molar-refractivity contribution is 0.125. The third-order valence-electron chi connectivity index (χ3n) is 5.56. The SMILES string of the molecule is COc1ccc(NC(=O)N2CCC(CN3CCCC(C)C3)CC2)cc1Cl. The van der Waals surface area contributed by atoms with Gasteiger partial charge in [0.1, 0.15) is 5.75 Å². The van der Waals surface area contributed by atoms with Gasteiger partial charge in [0.15, 0.2) is 0 Å². The van der Waals surface area contributed by atoms with Crippen molar-refractivity contribution in [1.82, 2.24) is 9.80 Å². The molecule has 0 aromatic heterocycles. The third-order valence-corrected chi connectivity index (χ3v) is 5.86. The summed E-state index contributed by atoms with van der Waals surface area (Å²) >= 11 is 6.13. The van der Waals surface area contributed by atoms with Gasteiger partial charge in [0.2, 0.25) is 0 Å². The van der Waals surface area contributed by atoms with Gasteiger partial charge in [-0.25, -0.2) is 4.79 Å². The monoisotopic (exact) mass is 379 g/mol. The molecule has 1 aromatic rings. The quantitative estimate of drug-likeness (QED) is 0.847. The molecule has 1 atom stereocenters. The van der Waals surface area contributed by atoms with Gasteiger partial charge >= 0.3 is 6.03 Å². The lowest BCUT2D eigenvalue weighted by Crippen LogP contribution is -2.44. The molecule has 0 aliphatic carbocycles. The van der Waals surface area contributed by atoms with Crippen molar-refractivity contribution in [3.05, 3.63) is 23.2 Å². The van der Waals surface area contributed by atoms with Crippen molar-refractivity contribution in [1.29, 1.82) is 0 Å². The summed E-state index contributed by atoms with van der Waals surface area (Å²) < 4.78 is 5.14. The van der Waals surface area contributed by atoms with Crippen molar-refractivity contribution in [3.8, 4) is 5.75 Å². The van der Waals surface area contributed by atoms with Crippen LogP contribution in [-0.4, -0.2) is 55.7 Å². The molecule has 1 N–H and O–H groups in total. The summed E-state index contributed by atoms with van der Waals surface area (Å²) in [5, 5.41) is 3.44. The maximum atomic E-state index is 12.5. The van der Waals surface area contributed by atoms with E-state index in [2.05, 4.69) is 17.1 Å². The largest absolute Gasteiger partial charge is 0.495 e. The molecule has 5 nitrogen and oxygen atoms in total. The average molecular weight is 380 g/mol. The average Bonchev–Trinajstić information content (AvgIpc) is 2.62. The highest BCUT2D eigenvalue weighted by Gasteiger charge is 2.26. The predicted molar refractivity (Wildman–Crippen MR) is 106 cm³/mol. The number of anilines is 1. The van der Waals surface area contributed by atoms with E-state index in [1.165, 1.54) is 32.5 Å². The van der Waals surface area contributed by atoms with E-state index in [4.69, 9.17) is 16.3 Å². The highest BCUT2D eigenvalue weighted by molar-refractivity contribution is 6.32. The first kappa shape index (κ1) is 19.3. The van der Waals surface area contributed by atoms with Crippen LogP contribution in [-0.2, 0) is 0 Å². The van der Waals surface area contributed by atoms with E-state index in [9.17, 15) is 4.79 Å². The number of nitrogens with one attached hydrogen (secondary N) is 1. The second-order valence-electron chi connectivity index (χ2n) is 7.72. The van der Waals surface area contributed by atoms with Crippen molar-refractivity contribution in [2.45, 2.75) is 32.6 Å². The van der Waals surface area contributed by atoms with E-state index in [1.54, 1.807) is 19.2 Å². The van der Waals surface area contributed by atoms with E-state index in [1.807, 2.05) is 11.0 Å². The molecule has 2 heterocycles. The number of urea groups is 1. The number of rotatable bonds is 4. The van der Waals surface area contributed by atoms with Gasteiger partial charge in [-0.3, -0.25) is 0 Å². The van der Waals surface area contributed by atoms with Crippen molar-refractivity contribution >= 4 is 23.3 Å². The van der Waals surface area contributed by atoms with E-state index < -0.39 is 0 Å². The van der Waals surface area contributed by atoms with Gasteiger partial charge in [-0.15, -0.1) is 0 Å². The zero-order valence-electron chi connectivity index (χ0n) is 15.8. The van der Waals surface area contributed by atoms with Crippen LogP contribution in [0.25, 0.3) is 0 Å². The van der Waals surface area contributed by atoms with Crippen LogP contribution < -0.4 is 10.1 Å². The summed E-state index contributed by atoms with van der Waals surface area (Å²) in [6, 6.07) is 5.26. The number of methoxy groups -OCH3 is 1. The lowest BCUT2D eigenvalue weighted by atomic mass is 9.94. The topological polar surface area (TPSA) is 44.8 Å². The zero-order chi connectivity index (χ0) is 18.5. The molecule has 2 amide bonds. The predicted octanol–water partition coefficient (Wildman–Crippen LogP) is 4.32. The van der Waals surface area contributed by atoms with Crippen LogP contribution in [0.1, 0.15) is 32.6 Å². The van der Waals surface area contributed by atoms with Crippen LogP contribution in [0.2, 0.25) is 5.02 Å². The summed E-state index contributed by atoms with van der Waals surface area (Å²) in [5.74, 6) is 2.14. The minimum Gasteiger partial charge on any atom is -0.495 e. The third kappa shape index (κ3) is 5.04. The highest BCUT2D eigenvalue weighted by Crippen LogP contribution is 2.28. The van der Waals surface area contributed by atoms with Gasteiger partial charge in [-0.1, -0.05) is 18.5 Å². The number of ether oxygens (including phenoxy) is 1. The molecular weight excluding hydrogens is 350 g/mol. The summed E-state index contributed by atoms with van der Waals surface area (Å²) in [6.45, 7) is 7.66. The van der Waals surface area contributed by atoms with Crippen LogP contribution in [0.5, 0.6) is 5.75 Å². The fraction of sp³-hybridized carbons (Fsp3) is 0.650. The molecule has 2 aliphatic heterocycles. The molecule has 1 unspecified atom stereocenters. The molecule has 0 radical (unpaired) electrons. The summed E-state index contributed by atoms with van der Waals surface area (Å²) in [6.07, 6.45) is 4.86. The minimum atomic E-state index is -0.0451. The zero-order valence-corrected chi connectivity index (χ0v) is 16.6. The Bertz CT molecular complexity index is 617. The molecular formula is C20H30ClN3O2. The first-order chi connectivity index (χ1) is 12.5. The first-order valence-corrected chi connectivity index (χ1v) is 10.0. The highest BCUT2D eigenvalue weighted by atomic mass is 35.5. The van der Waals surface area contributed by atoms with Crippen LogP contribution >= 0.6 is 11.6 Å². The molecule has 2 aliphatic rings. The Hall–Kier alpha value is -1.46. The standard InChI is InChI=1S/C20H30ClN3O2/c1-15-4-3-9-23(13-15)14-16-7-10-24(11-8-16)20(25)22-17-5-6-19(26-2)18(21)12-17/h5-6,12,15-16H,3-4,7-11,13-14H2,1-2H3,(H,22,25). The molecule has 0 spiro atoms. The molecule has 3 rings (SSSR count). The van der Waals surface area contributed by atoms with E-state index in [-0.39, 0.29) is 6.03 Å². The fourth-order valence-electron chi connectivity index (χ4n) is 4.08.